The Labute approximate surface area is 167 Å². The van der Waals surface area contributed by atoms with Crippen LogP contribution in [0, 0.1) is 6.92 Å². The second-order valence-corrected chi connectivity index (χ2v) is 6.78. The minimum atomic E-state index is -0.307. The van der Waals surface area contributed by atoms with E-state index in [4.69, 9.17) is 32.7 Å². The maximum Gasteiger partial charge on any atom is 0.252 e. The third-order valence-electron chi connectivity index (χ3n) is 3.95. The normalized spacial score (nSPS) is 14.1. The van der Waals surface area contributed by atoms with Crippen molar-refractivity contribution in [1.29, 1.82) is 0 Å². The van der Waals surface area contributed by atoms with Crippen molar-refractivity contribution in [2.45, 2.75) is 6.92 Å². The Morgan fingerprint density at radius 1 is 1.26 bits per heavy atom. The number of rotatable bonds is 6. The van der Waals surface area contributed by atoms with Crippen molar-refractivity contribution < 1.29 is 14.3 Å². The number of morpholine rings is 1. The average molecular weight is 411 g/mol. The highest BCUT2D eigenvalue weighted by atomic mass is 35.5. The van der Waals surface area contributed by atoms with Crippen LogP contribution in [0.3, 0.4) is 0 Å². The van der Waals surface area contributed by atoms with Gasteiger partial charge in [-0.1, -0.05) is 23.2 Å². The lowest BCUT2D eigenvalue weighted by Crippen LogP contribution is -2.37. The Morgan fingerprint density at radius 2 is 2.04 bits per heavy atom. The molecule has 2 aromatic rings. The van der Waals surface area contributed by atoms with Gasteiger partial charge in [0, 0.05) is 24.2 Å². The van der Waals surface area contributed by atoms with Gasteiger partial charge in [0.25, 0.3) is 5.91 Å². The molecule has 1 aliphatic heterocycles. The second-order valence-electron chi connectivity index (χ2n) is 5.94. The van der Waals surface area contributed by atoms with Gasteiger partial charge < -0.3 is 19.7 Å². The van der Waals surface area contributed by atoms with E-state index in [1.807, 2.05) is 6.92 Å². The van der Waals surface area contributed by atoms with E-state index in [-0.39, 0.29) is 12.5 Å². The maximum absolute atomic E-state index is 12.2. The number of hydrogen-bond acceptors (Lipinski definition) is 6. The molecular weight excluding hydrogens is 391 g/mol. The summed E-state index contributed by atoms with van der Waals surface area (Å²) < 4.78 is 11.0. The topological polar surface area (TPSA) is 76.6 Å². The smallest absolute Gasteiger partial charge is 0.252 e. The molecule has 1 aromatic heterocycles. The Hall–Kier alpha value is -2.09. The second kappa shape index (κ2) is 9.21. The summed E-state index contributed by atoms with van der Waals surface area (Å²) in [6.07, 6.45) is 0. The van der Waals surface area contributed by atoms with Gasteiger partial charge in [-0.05, 0) is 25.1 Å². The number of aryl methyl sites for hydroxylation is 1. The molecular formula is C18H20Cl2N4O3. The number of carbonyl (C=O) groups is 1. The number of halogens is 2. The van der Waals surface area contributed by atoms with E-state index in [0.29, 0.717) is 47.1 Å². The number of benzene rings is 1. The molecule has 0 unspecified atom stereocenters. The van der Waals surface area contributed by atoms with Gasteiger partial charge in [0.15, 0.2) is 0 Å². The molecule has 1 aromatic carbocycles. The first kappa shape index (κ1) is 19.7. The molecule has 0 atom stereocenters. The summed E-state index contributed by atoms with van der Waals surface area (Å²) in [5, 5.41) is 3.55. The van der Waals surface area contributed by atoms with Crippen LogP contribution >= 0.6 is 23.2 Å². The predicted molar refractivity (Wildman–Crippen MR) is 104 cm³/mol. The minimum absolute atomic E-state index is 0.267. The van der Waals surface area contributed by atoms with Crippen molar-refractivity contribution in [1.82, 2.24) is 15.3 Å². The lowest BCUT2D eigenvalue weighted by atomic mass is 10.2. The van der Waals surface area contributed by atoms with Gasteiger partial charge in [-0.3, -0.25) is 4.79 Å². The fourth-order valence-electron chi connectivity index (χ4n) is 2.64. The third-order valence-corrected chi connectivity index (χ3v) is 4.51. The number of aromatic nitrogens is 2. The van der Waals surface area contributed by atoms with E-state index in [2.05, 4.69) is 20.2 Å². The molecule has 1 N–H and O–H groups in total. The van der Waals surface area contributed by atoms with E-state index in [1.54, 1.807) is 18.2 Å². The van der Waals surface area contributed by atoms with Crippen LogP contribution in [0.5, 0.6) is 5.88 Å². The van der Waals surface area contributed by atoms with Gasteiger partial charge in [0.05, 0.1) is 30.3 Å². The fourth-order valence-corrected chi connectivity index (χ4v) is 3.02. The van der Waals surface area contributed by atoms with Crippen LogP contribution in [0.1, 0.15) is 16.2 Å². The average Bonchev–Trinajstić information content (AvgIpc) is 2.67. The van der Waals surface area contributed by atoms with E-state index >= 15 is 0 Å². The first-order chi connectivity index (χ1) is 13.0. The minimum Gasteiger partial charge on any atom is -0.476 e. The fraction of sp³-hybridized carbons (Fsp3) is 0.389. The summed E-state index contributed by atoms with van der Waals surface area (Å²) in [6.45, 7) is 5.31. The molecule has 0 saturated carbocycles. The molecule has 1 fully saturated rings. The number of amides is 1. The molecule has 1 aliphatic rings. The largest absolute Gasteiger partial charge is 0.476 e. The van der Waals surface area contributed by atoms with Gasteiger partial charge in [0.2, 0.25) is 5.88 Å². The monoisotopic (exact) mass is 410 g/mol. The van der Waals surface area contributed by atoms with Crippen LogP contribution in [0.4, 0.5) is 5.82 Å². The van der Waals surface area contributed by atoms with Crippen molar-refractivity contribution in [2.24, 2.45) is 0 Å². The summed E-state index contributed by atoms with van der Waals surface area (Å²) in [5.41, 5.74) is 0.330. The van der Waals surface area contributed by atoms with Gasteiger partial charge in [-0.15, -0.1) is 0 Å². The van der Waals surface area contributed by atoms with Crippen molar-refractivity contribution >= 4 is 34.9 Å². The standard InChI is InChI=1S/C18H20Cl2N4O3/c1-12-22-16(24-5-8-26-9-6-24)11-17(23-12)27-7-4-21-18(25)14-10-13(19)2-3-15(14)20/h2-3,10-11H,4-9H2,1H3,(H,21,25). The number of anilines is 1. The highest BCUT2D eigenvalue weighted by molar-refractivity contribution is 6.35. The first-order valence-corrected chi connectivity index (χ1v) is 9.33. The van der Waals surface area contributed by atoms with Crippen LogP contribution < -0.4 is 15.0 Å². The van der Waals surface area contributed by atoms with Crippen molar-refractivity contribution in [2.75, 3.05) is 44.4 Å². The molecule has 7 nitrogen and oxygen atoms in total. The molecule has 0 bridgehead atoms. The summed E-state index contributed by atoms with van der Waals surface area (Å²) in [4.78, 5) is 23.1. The molecule has 27 heavy (non-hydrogen) atoms. The predicted octanol–water partition coefficient (Wildman–Crippen LogP) is 2.74. The Morgan fingerprint density at radius 3 is 2.81 bits per heavy atom. The van der Waals surface area contributed by atoms with Crippen LogP contribution in [0.2, 0.25) is 10.0 Å². The highest BCUT2D eigenvalue weighted by Gasteiger charge is 2.15. The van der Waals surface area contributed by atoms with Crippen LogP contribution in [-0.2, 0) is 4.74 Å². The summed E-state index contributed by atoms with van der Waals surface area (Å²) in [6, 6.07) is 6.55. The van der Waals surface area contributed by atoms with E-state index in [1.165, 1.54) is 6.07 Å². The van der Waals surface area contributed by atoms with Gasteiger partial charge in [0.1, 0.15) is 18.2 Å². The molecule has 0 aliphatic carbocycles. The Kier molecular flexibility index (Phi) is 6.71. The maximum atomic E-state index is 12.2. The lowest BCUT2D eigenvalue weighted by Gasteiger charge is -2.28. The van der Waals surface area contributed by atoms with Gasteiger partial charge in [-0.25, -0.2) is 4.98 Å². The first-order valence-electron chi connectivity index (χ1n) is 8.57. The molecule has 3 rings (SSSR count). The van der Waals surface area contributed by atoms with E-state index < -0.39 is 0 Å². The molecule has 2 heterocycles. The third kappa shape index (κ3) is 5.45. The number of ether oxygens (including phenoxy) is 2. The number of hydrogen-bond donors (Lipinski definition) is 1. The zero-order valence-corrected chi connectivity index (χ0v) is 16.4. The zero-order chi connectivity index (χ0) is 19.2. The summed E-state index contributed by atoms with van der Waals surface area (Å²) >= 11 is 11.9. The van der Waals surface area contributed by atoms with Gasteiger partial charge in [-0.2, -0.15) is 4.98 Å². The van der Waals surface area contributed by atoms with Crippen LogP contribution in [0.25, 0.3) is 0 Å². The lowest BCUT2D eigenvalue weighted by molar-refractivity contribution is 0.0946. The van der Waals surface area contributed by atoms with Gasteiger partial charge >= 0.3 is 0 Å². The molecule has 144 valence electrons. The highest BCUT2D eigenvalue weighted by Crippen LogP contribution is 2.21. The van der Waals surface area contributed by atoms with Crippen molar-refractivity contribution in [3.8, 4) is 5.88 Å². The van der Waals surface area contributed by atoms with Crippen LogP contribution in [-0.4, -0.2) is 55.3 Å². The molecule has 0 radical (unpaired) electrons. The quantitative estimate of drug-likeness (QED) is 0.737. The van der Waals surface area contributed by atoms with Crippen molar-refractivity contribution in [3.63, 3.8) is 0 Å². The van der Waals surface area contributed by atoms with E-state index in [0.717, 1.165) is 18.9 Å². The zero-order valence-electron chi connectivity index (χ0n) is 14.9. The Bertz CT molecular complexity index is 813. The summed E-state index contributed by atoms with van der Waals surface area (Å²) in [7, 11) is 0. The molecule has 0 spiro atoms. The molecule has 1 saturated heterocycles. The molecule has 1 amide bonds. The SMILES string of the molecule is Cc1nc(OCCNC(=O)c2cc(Cl)ccc2Cl)cc(N2CCOCC2)n1. The number of nitrogens with zero attached hydrogens (tertiary/aromatic N) is 3. The number of nitrogens with one attached hydrogen (secondary N) is 1. The number of carbonyl (C=O) groups excluding carboxylic acids is 1. The molecule has 9 heteroatoms. The Balaban J connectivity index is 1.53. The summed E-state index contributed by atoms with van der Waals surface area (Å²) in [5.74, 6) is 1.61. The van der Waals surface area contributed by atoms with E-state index in [9.17, 15) is 4.79 Å². The van der Waals surface area contributed by atoms with Crippen LogP contribution in [0.15, 0.2) is 24.3 Å². The van der Waals surface area contributed by atoms with Crippen molar-refractivity contribution in [3.05, 3.63) is 45.7 Å².